The fraction of sp³-hybridized carbons (Fsp3) is 0.357. The van der Waals surface area contributed by atoms with E-state index in [0.29, 0.717) is 0 Å². The molecule has 16 heavy (non-hydrogen) atoms. The molecule has 0 radical (unpaired) electrons. The predicted octanol–water partition coefficient (Wildman–Crippen LogP) is 2.78. The summed E-state index contributed by atoms with van der Waals surface area (Å²) in [4.78, 5) is 13.2. The minimum absolute atomic E-state index is 0.0273. The van der Waals surface area contributed by atoms with Gasteiger partial charge in [0, 0.05) is 13.1 Å². The molecule has 0 saturated carbocycles. The molecule has 1 aromatic carbocycles. The van der Waals surface area contributed by atoms with Crippen LogP contribution in [0.4, 0.5) is 0 Å². The van der Waals surface area contributed by atoms with Crippen molar-refractivity contribution in [3.8, 4) is 0 Å². The van der Waals surface area contributed by atoms with Gasteiger partial charge in [-0.25, -0.2) is 0 Å². The molecule has 0 aliphatic carbocycles. The summed E-state index contributed by atoms with van der Waals surface area (Å²) in [7, 11) is 0. The van der Waals surface area contributed by atoms with Crippen LogP contribution < -0.4 is 0 Å². The van der Waals surface area contributed by atoms with Crippen molar-refractivity contribution in [1.82, 2.24) is 4.90 Å². The first-order valence-corrected chi connectivity index (χ1v) is 5.79. The fourth-order valence-corrected chi connectivity index (χ4v) is 1.81. The van der Waals surface area contributed by atoms with Crippen molar-refractivity contribution in [3.63, 3.8) is 0 Å². The van der Waals surface area contributed by atoms with Crippen molar-refractivity contribution in [1.29, 1.82) is 0 Å². The van der Waals surface area contributed by atoms with Crippen LogP contribution in [-0.4, -0.2) is 17.4 Å². The average molecular weight is 217 g/mol. The lowest BCUT2D eigenvalue weighted by atomic mass is 10.00. The van der Waals surface area contributed by atoms with Crippen LogP contribution in [0.25, 0.3) is 0 Å². The Balaban J connectivity index is 0.000000606. The SMILES string of the molecule is C=CC(=O)N1CCc2ccccc2C1.CC. The molecule has 1 aromatic rings. The molecule has 0 N–H and O–H groups in total. The van der Waals surface area contributed by atoms with Gasteiger partial charge in [0.2, 0.25) is 5.91 Å². The quantitative estimate of drug-likeness (QED) is 0.662. The molecule has 86 valence electrons. The standard InChI is InChI=1S/C12H13NO.C2H6/c1-2-12(14)13-8-7-10-5-3-4-6-11(10)9-13;1-2/h2-6H,1,7-9H2;1-2H3. The molecule has 1 heterocycles. The van der Waals surface area contributed by atoms with Crippen molar-refractivity contribution in [2.75, 3.05) is 6.54 Å². The van der Waals surface area contributed by atoms with Crippen LogP contribution >= 0.6 is 0 Å². The molecule has 0 aromatic heterocycles. The Morgan fingerprint density at radius 3 is 2.56 bits per heavy atom. The Morgan fingerprint density at radius 2 is 1.94 bits per heavy atom. The summed E-state index contributed by atoms with van der Waals surface area (Å²) in [6, 6.07) is 8.27. The highest BCUT2D eigenvalue weighted by Crippen LogP contribution is 2.18. The minimum atomic E-state index is 0.0273. The van der Waals surface area contributed by atoms with E-state index in [1.807, 2.05) is 30.9 Å². The van der Waals surface area contributed by atoms with Gasteiger partial charge in [-0.3, -0.25) is 4.79 Å². The minimum Gasteiger partial charge on any atom is -0.335 e. The number of hydrogen-bond donors (Lipinski definition) is 0. The highest BCUT2D eigenvalue weighted by Gasteiger charge is 2.17. The molecule has 0 saturated heterocycles. The van der Waals surface area contributed by atoms with Crippen molar-refractivity contribution in [2.24, 2.45) is 0 Å². The van der Waals surface area contributed by atoms with Crippen LogP contribution in [0, 0.1) is 0 Å². The Hall–Kier alpha value is -1.57. The van der Waals surface area contributed by atoms with Gasteiger partial charge in [-0.2, -0.15) is 0 Å². The largest absolute Gasteiger partial charge is 0.335 e. The zero-order valence-corrected chi connectivity index (χ0v) is 10.1. The highest BCUT2D eigenvalue weighted by molar-refractivity contribution is 5.87. The number of carbonyl (C=O) groups excluding carboxylic acids is 1. The number of carbonyl (C=O) groups is 1. The number of rotatable bonds is 1. The Kier molecular flexibility index (Phi) is 4.77. The number of hydrogen-bond acceptors (Lipinski definition) is 1. The lowest BCUT2D eigenvalue weighted by Gasteiger charge is -2.27. The summed E-state index contributed by atoms with van der Waals surface area (Å²) in [5, 5.41) is 0. The zero-order valence-electron chi connectivity index (χ0n) is 10.1. The Labute approximate surface area is 97.6 Å². The highest BCUT2D eigenvalue weighted by atomic mass is 16.2. The van der Waals surface area contributed by atoms with Crippen LogP contribution in [0.15, 0.2) is 36.9 Å². The lowest BCUT2D eigenvalue weighted by molar-refractivity contribution is -0.126. The monoisotopic (exact) mass is 217 g/mol. The third-order valence-electron chi connectivity index (χ3n) is 2.62. The van der Waals surface area contributed by atoms with E-state index < -0.39 is 0 Å². The fourth-order valence-electron chi connectivity index (χ4n) is 1.81. The molecular formula is C14H19NO. The normalized spacial score (nSPS) is 13.2. The van der Waals surface area contributed by atoms with Crippen molar-refractivity contribution >= 4 is 5.91 Å². The smallest absolute Gasteiger partial charge is 0.246 e. The van der Waals surface area contributed by atoms with E-state index in [2.05, 4.69) is 18.7 Å². The Morgan fingerprint density at radius 1 is 1.31 bits per heavy atom. The van der Waals surface area contributed by atoms with Gasteiger partial charge >= 0.3 is 0 Å². The van der Waals surface area contributed by atoms with Gasteiger partial charge in [0.1, 0.15) is 0 Å². The van der Waals surface area contributed by atoms with Gasteiger partial charge < -0.3 is 4.90 Å². The first-order chi connectivity index (χ1) is 7.81. The molecule has 0 atom stereocenters. The maximum atomic E-state index is 11.4. The second-order valence-corrected chi connectivity index (χ2v) is 3.48. The van der Waals surface area contributed by atoms with E-state index in [9.17, 15) is 4.79 Å². The molecule has 2 nitrogen and oxygen atoms in total. The second kappa shape index (κ2) is 6.11. The van der Waals surface area contributed by atoms with Gasteiger partial charge in [-0.1, -0.05) is 44.7 Å². The maximum absolute atomic E-state index is 11.4. The molecular weight excluding hydrogens is 198 g/mol. The van der Waals surface area contributed by atoms with Gasteiger partial charge in [0.25, 0.3) is 0 Å². The number of nitrogens with zero attached hydrogens (tertiary/aromatic N) is 1. The zero-order chi connectivity index (χ0) is 12.0. The topological polar surface area (TPSA) is 20.3 Å². The van der Waals surface area contributed by atoms with E-state index in [4.69, 9.17) is 0 Å². The summed E-state index contributed by atoms with van der Waals surface area (Å²) < 4.78 is 0. The van der Waals surface area contributed by atoms with E-state index in [-0.39, 0.29) is 5.91 Å². The average Bonchev–Trinajstić information content (AvgIpc) is 2.39. The summed E-state index contributed by atoms with van der Waals surface area (Å²) in [6.45, 7) is 9.03. The Bertz CT molecular complexity index is 371. The van der Waals surface area contributed by atoms with E-state index in [1.54, 1.807) is 0 Å². The summed E-state index contributed by atoms with van der Waals surface area (Å²) in [5.41, 5.74) is 2.62. The van der Waals surface area contributed by atoms with Gasteiger partial charge in [-0.15, -0.1) is 0 Å². The molecule has 0 unspecified atom stereocenters. The molecule has 2 heteroatoms. The number of benzene rings is 1. The van der Waals surface area contributed by atoms with Crippen LogP contribution in [0.3, 0.4) is 0 Å². The third kappa shape index (κ3) is 2.72. The van der Waals surface area contributed by atoms with Crippen LogP contribution in [0.2, 0.25) is 0 Å². The van der Waals surface area contributed by atoms with Gasteiger partial charge in [0.15, 0.2) is 0 Å². The van der Waals surface area contributed by atoms with Crippen molar-refractivity contribution < 1.29 is 4.79 Å². The van der Waals surface area contributed by atoms with E-state index >= 15 is 0 Å². The van der Waals surface area contributed by atoms with Crippen molar-refractivity contribution in [3.05, 3.63) is 48.0 Å². The van der Waals surface area contributed by atoms with E-state index in [0.717, 1.165) is 19.5 Å². The lowest BCUT2D eigenvalue weighted by Crippen LogP contribution is -2.34. The molecule has 0 bridgehead atoms. The first kappa shape index (κ1) is 12.5. The van der Waals surface area contributed by atoms with Gasteiger partial charge in [0.05, 0.1) is 0 Å². The van der Waals surface area contributed by atoms with E-state index in [1.165, 1.54) is 17.2 Å². The summed E-state index contributed by atoms with van der Waals surface area (Å²) in [6.07, 6.45) is 2.34. The third-order valence-corrected chi connectivity index (χ3v) is 2.62. The van der Waals surface area contributed by atoms with Crippen LogP contribution in [0.1, 0.15) is 25.0 Å². The maximum Gasteiger partial charge on any atom is 0.246 e. The number of amides is 1. The first-order valence-electron chi connectivity index (χ1n) is 5.79. The van der Waals surface area contributed by atoms with Gasteiger partial charge in [-0.05, 0) is 23.6 Å². The molecule has 0 fully saturated rings. The summed E-state index contributed by atoms with van der Waals surface area (Å²) >= 11 is 0. The van der Waals surface area contributed by atoms with Crippen LogP contribution in [-0.2, 0) is 17.8 Å². The van der Waals surface area contributed by atoms with Crippen LogP contribution in [0.5, 0.6) is 0 Å². The predicted molar refractivity (Wildman–Crippen MR) is 67.1 cm³/mol. The molecule has 1 aliphatic heterocycles. The second-order valence-electron chi connectivity index (χ2n) is 3.48. The molecule has 1 aliphatic rings. The molecule has 0 spiro atoms. The molecule has 1 amide bonds. The molecule has 2 rings (SSSR count). The summed E-state index contributed by atoms with van der Waals surface area (Å²) in [5.74, 6) is 0.0273. The number of fused-ring (bicyclic) bond motifs is 1. The van der Waals surface area contributed by atoms with Crippen molar-refractivity contribution in [2.45, 2.75) is 26.8 Å².